The Labute approximate surface area is 125 Å². The molecule has 0 radical (unpaired) electrons. The number of carbonyl (C=O) groups is 1. The van der Waals surface area contributed by atoms with Gasteiger partial charge >= 0.3 is 0 Å². The van der Waals surface area contributed by atoms with Gasteiger partial charge in [-0.15, -0.1) is 0 Å². The molecule has 2 unspecified atom stereocenters. The highest BCUT2D eigenvalue weighted by atomic mass is 16.1. The minimum Gasteiger partial charge on any atom is -0.357 e. The van der Waals surface area contributed by atoms with Crippen LogP contribution in [0.15, 0.2) is 18.3 Å². The topological polar surface area (TPSA) is 71.2 Å². The van der Waals surface area contributed by atoms with E-state index in [1.54, 1.807) is 6.20 Å². The molecule has 1 amide bonds. The van der Waals surface area contributed by atoms with Crippen molar-refractivity contribution >= 4 is 17.4 Å². The Morgan fingerprint density at radius 3 is 2.71 bits per heavy atom. The van der Waals surface area contributed by atoms with Crippen LogP contribution in [0.25, 0.3) is 0 Å². The summed E-state index contributed by atoms with van der Waals surface area (Å²) in [6.07, 6.45) is 8.06. The van der Waals surface area contributed by atoms with Crippen molar-refractivity contribution in [3.05, 3.63) is 18.3 Å². The molecule has 1 aliphatic carbocycles. The van der Waals surface area contributed by atoms with Crippen LogP contribution >= 0.6 is 0 Å². The zero-order chi connectivity index (χ0) is 14.7. The fourth-order valence-corrected chi connectivity index (χ4v) is 3.30. The van der Waals surface area contributed by atoms with E-state index in [1.807, 2.05) is 12.1 Å². The number of aromatic nitrogens is 1. The van der Waals surface area contributed by atoms with Crippen LogP contribution in [0.5, 0.6) is 0 Å². The first-order valence-corrected chi connectivity index (χ1v) is 8.00. The van der Waals surface area contributed by atoms with Gasteiger partial charge in [0.1, 0.15) is 5.82 Å². The lowest BCUT2D eigenvalue weighted by atomic mass is 9.85. The summed E-state index contributed by atoms with van der Waals surface area (Å²) in [6, 6.07) is 4.11. The second kappa shape index (κ2) is 6.43. The van der Waals surface area contributed by atoms with Crippen LogP contribution in [-0.4, -0.2) is 30.0 Å². The number of nitrogens with two attached hydrogens (primary N) is 1. The molecule has 1 aliphatic heterocycles. The van der Waals surface area contributed by atoms with Gasteiger partial charge in [0.2, 0.25) is 5.91 Å². The summed E-state index contributed by atoms with van der Waals surface area (Å²) >= 11 is 0. The van der Waals surface area contributed by atoms with E-state index in [-0.39, 0.29) is 17.9 Å². The van der Waals surface area contributed by atoms with Gasteiger partial charge < -0.3 is 16.0 Å². The molecule has 5 nitrogen and oxygen atoms in total. The minimum absolute atomic E-state index is 0.0482. The molecule has 2 fully saturated rings. The molecule has 5 heteroatoms. The van der Waals surface area contributed by atoms with Gasteiger partial charge in [0.05, 0.1) is 11.9 Å². The fourth-order valence-electron chi connectivity index (χ4n) is 3.30. The van der Waals surface area contributed by atoms with E-state index in [1.165, 1.54) is 12.8 Å². The summed E-state index contributed by atoms with van der Waals surface area (Å²) in [7, 11) is 0. The number of hydrogen-bond donors (Lipinski definition) is 2. The average Bonchev–Trinajstić information content (AvgIpc) is 3.02. The Morgan fingerprint density at radius 1 is 1.24 bits per heavy atom. The van der Waals surface area contributed by atoms with Gasteiger partial charge in [-0.1, -0.05) is 6.42 Å². The van der Waals surface area contributed by atoms with Crippen LogP contribution in [0.2, 0.25) is 0 Å². The van der Waals surface area contributed by atoms with Crippen molar-refractivity contribution in [1.29, 1.82) is 0 Å². The number of nitrogens with one attached hydrogen (secondary N) is 1. The molecule has 0 bridgehead atoms. The van der Waals surface area contributed by atoms with Crippen LogP contribution in [0.3, 0.4) is 0 Å². The van der Waals surface area contributed by atoms with E-state index >= 15 is 0 Å². The number of rotatable bonds is 3. The van der Waals surface area contributed by atoms with Gasteiger partial charge in [0.25, 0.3) is 0 Å². The van der Waals surface area contributed by atoms with Crippen LogP contribution < -0.4 is 16.0 Å². The van der Waals surface area contributed by atoms with Crippen LogP contribution in [-0.2, 0) is 4.79 Å². The predicted molar refractivity (Wildman–Crippen MR) is 84.2 cm³/mol. The SMILES string of the molecule is NC1CCCC(C(=O)Nc2ccc(N3CCCC3)nc2)C1. The molecular weight excluding hydrogens is 264 g/mol. The number of carbonyl (C=O) groups excluding carboxylic acids is 1. The summed E-state index contributed by atoms with van der Waals surface area (Å²) < 4.78 is 0. The van der Waals surface area contributed by atoms with Crippen molar-refractivity contribution in [3.63, 3.8) is 0 Å². The highest BCUT2D eigenvalue weighted by molar-refractivity contribution is 5.92. The quantitative estimate of drug-likeness (QED) is 0.894. The fraction of sp³-hybridized carbons (Fsp3) is 0.625. The molecule has 0 aromatic carbocycles. The number of nitrogens with zero attached hydrogens (tertiary/aromatic N) is 2. The third-order valence-corrected chi connectivity index (χ3v) is 4.53. The second-order valence-corrected chi connectivity index (χ2v) is 6.21. The van der Waals surface area contributed by atoms with Crippen molar-refractivity contribution in [2.24, 2.45) is 11.7 Å². The second-order valence-electron chi connectivity index (χ2n) is 6.21. The number of hydrogen-bond acceptors (Lipinski definition) is 4. The number of anilines is 2. The first kappa shape index (κ1) is 14.3. The van der Waals surface area contributed by atoms with Crippen molar-refractivity contribution in [1.82, 2.24) is 4.98 Å². The molecule has 1 aromatic rings. The molecule has 3 N–H and O–H groups in total. The van der Waals surface area contributed by atoms with Crippen LogP contribution in [0.4, 0.5) is 11.5 Å². The molecule has 0 spiro atoms. The lowest BCUT2D eigenvalue weighted by Crippen LogP contribution is -2.34. The highest BCUT2D eigenvalue weighted by Gasteiger charge is 2.25. The third kappa shape index (κ3) is 3.53. The van der Waals surface area contributed by atoms with E-state index in [9.17, 15) is 4.79 Å². The summed E-state index contributed by atoms with van der Waals surface area (Å²) in [5.74, 6) is 1.14. The Kier molecular flexibility index (Phi) is 4.39. The van der Waals surface area contributed by atoms with E-state index < -0.39 is 0 Å². The van der Waals surface area contributed by atoms with E-state index in [4.69, 9.17) is 5.73 Å². The molecule has 2 heterocycles. The van der Waals surface area contributed by atoms with Gasteiger partial charge in [-0.05, 0) is 44.2 Å². The Balaban J connectivity index is 1.58. The maximum Gasteiger partial charge on any atom is 0.227 e. The smallest absolute Gasteiger partial charge is 0.227 e. The molecule has 3 rings (SSSR count). The number of amides is 1. The zero-order valence-electron chi connectivity index (χ0n) is 12.4. The van der Waals surface area contributed by atoms with Gasteiger partial charge in [-0.25, -0.2) is 4.98 Å². The maximum atomic E-state index is 12.2. The molecule has 21 heavy (non-hydrogen) atoms. The minimum atomic E-state index is 0.0482. The van der Waals surface area contributed by atoms with Crippen molar-refractivity contribution in [2.75, 3.05) is 23.3 Å². The first-order valence-electron chi connectivity index (χ1n) is 8.00. The van der Waals surface area contributed by atoms with Crippen molar-refractivity contribution < 1.29 is 4.79 Å². The molecule has 1 aromatic heterocycles. The van der Waals surface area contributed by atoms with E-state index in [0.29, 0.717) is 0 Å². The highest BCUT2D eigenvalue weighted by Crippen LogP contribution is 2.25. The van der Waals surface area contributed by atoms with Gasteiger partial charge in [0.15, 0.2) is 0 Å². The van der Waals surface area contributed by atoms with E-state index in [2.05, 4.69) is 15.2 Å². The Hall–Kier alpha value is -1.62. The average molecular weight is 288 g/mol. The Morgan fingerprint density at radius 2 is 2.05 bits per heavy atom. The Bertz CT molecular complexity index is 482. The van der Waals surface area contributed by atoms with Gasteiger partial charge in [-0.3, -0.25) is 4.79 Å². The molecule has 1 saturated heterocycles. The lowest BCUT2D eigenvalue weighted by Gasteiger charge is -2.25. The first-order chi connectivity index (χ1) is 10.2. The summed E-state index contributed by atoms with van der Waals surface area (Å²) in [4.78, 5) is 19.0. The van der Waals surface area contributed by atoms with E-state index in [0.717, 1.165) is 50.3 Å². The van der Waals surface area contributed by atoms with Crippen molar-refractivity contribution in [2.45, 2.75) is 44.6 Å². The molecule has 2 atom stereocenters. The largest absolute Gasteiger partial charge is 0.357 e. The summed E-state index contributed by atoms with van der Waals surface area (Å²) in [6.45, 7) is 2.16. The van der Waals surface area contributed by atoms with Crippen LogP contribution in [0.1, 0.15) is 38.5 Å². The summed E-state index contributed by atoms with van der Waals surface area (Å²) in [5, 5.41) is 2.97. The molecular formula is C16H24N4O. The standard InChI is InChI=1S/C16H24N4O/c17-13-5-3-4-12(10-13)16(21)19-14-6-7-15(18-11-14)20-8-1-2-9-20/h6-7,11-13H,1-5,8-10,17H2,(H,19,21). The van der Waals surface area contributed by atoms with Crippen molar-refractivity contribution in [3.8, 4) is 0 Å². The summed E-state index contributed by atoms with van der Waals surface area (Å²) in [5.41, 5.74) is 6.73. The predicted octanol–water partition coefficient (Wildman–Crippen LogP) is 2.14. The lowest BCUT2D eigenvalue weighted by molar-refractivity contribution is -0.120. The monoisotopic (exact) mass is 288 g/mol. The van der Waals surface area contributed by atoms with Gasteiger partial charge in [-0.2, -0.15) is 0 Å². The maximum absolute atomic E-state index is 12.2. The third-order valence-electron chi connectivity index (χ3n) is 4.53. The molecule has 114 valence electrons. The van der Waals surface area contributed by atoms with Gasteiger partial charge in [0, 0.05) is 25.0 Å². The van der Waals surface area contributed by atoms with Crippen LogP contribution in [0, 0.1) is 5.92 Å². The molecule has 1 saturated carbocycles. The normalized spacial score (nSPS) is 25.9. The number of pyridine rings is 1. The zero-order valence-corrected chi connectivity index (χ0v) is 12.4. The molecule has 2 aliphatic rings.